The molecular weight excluding hydrogens is 212 g/mol. The van der Waals surface area contributed by atoms with Crippen LogP contribution in [-0.2, 0) is 0 Å². The van der Waals surface area contributed by atoms with Crippen molar-refractivity contribution in [3.63, 3.8) is 0 Å². The van der Waals surface area contributed by atoms with Crippen LogP contribution in [0.3, 0.4) is 0 Å². The van der Waals surface area contributed by atoms with Crippen LogP contribution >= 0.6 is 0 Å². The molecule has 0 heterocycles. The van der Waals surface area contributed by atoms with Crippen molar-refractivity contribution in [2.75, 3.05) is 5.32 Å². The third-order valence-corrected chi connectivity index (χ3v) is 3.25. The molecule has 2 amide bonds. The van der Waals surface area contributed by atoms with Gasteiger partial charge in [-0.25, -0.2) is 4.79 Å². The van der Waals surface area contributed by atoms with Crippen LogP contribution in [0.15, 0.2) is 24.3 Å². The lowest BCUT2D eigenvalue weighted by Gasteiger charge is -2.22. The van der Waals surface area contributed by atoms with Crippen molar-refractivity contribution in [2.24, 2.45) is 0 Å². The van der Waals surface area contributed by atoms with Crippen molar-refractivity contribution in [2.45, 2.75) is 45.1 Å². The quantitative estimate of drug-likeness (QED) is 0.802. The van der Waals surface area contributed by atoms with Crippen LogP contribution in [0.2, 0.25) is 0 Å². The van der Waals surface area contributed by atoms with Gasteiger partial charge in [-0.05, 0) is 31.9 Å². The SMILES string of the molecule is Cc1ccc(NC(=O)NC2CCCCC2)cc1.[HH].[HH]. The Bertz CT molecular complexity index is 376. The van der Waals surface area contributed by atoms with E-state index >= 15 is 0 Å². The van der Waals surface area contributed by atoms with Crippen LogP contribution in [0, 0.1) is 6.92 Å². The maximum Gasteiger partial charge on any atom is 0.319 e. The summed E-state index contributed by atoms with van der Waals surface area (Å²) in [4.78, 5) is 11.7. The summed E-state index contributed by atoms with van der Waals surface area (Å²) >= 11 is 0. The molecule has 3 heteroatoms. The molecule has 1 aromatic carbocycles. The second-order valence-corrected chi connectivity index (χ2v) is 4.80. The van der Waals surface area contributed by atoms with E-state index in [2.05, 4.69) is 10.6 Å². The lowest BCUT2D eigenvalue weighted by molar-refractivity contribution is 0.244. The lowest BCUT2D eigenvalue weighted by atomic mass is 9.96. The average molecular weight is 236 g/mol. The fourth-order valence-electron chi connectivity index (χ4n) is 2.24. The molecule has 0 bridgehead atoms. The number of hydrogen-bond acceptors (Lipinski definition) is 1. The molecule has 1 aliphatic rings. The normalized spacial score (nSPS) is 16.5. The summed E-state index contributed by atoms with van der Waals surface area (Å²) in [5.74, 6) is 0. The first-order valence-corrected chi connectivity index (χ1v) is 6.38. The second kappa shape index (κ2) is 5.71. The number of benzene rings is 1. The minimum absolute atomic E-state index is 0. The number of hydrogen-bond donors (Lipinski definition) is 2. The highest BCUT2D eigenvalue weighted by Gasteiger charge is 2.15. The van der Waals surface area contributed by atoms with Gasteiger partial charge >= 0.3 is 6.03 Å². The Morgan fingerprint density at radius 3 is 2.47 bits per heavy atom. The Labute approximate surface area is 106 Å². The Balaban J connectivity index is 0.00000162. The van der Waals surface area contributed by atoms with Crippen LogP contribution in [-0.4, -0.2) is 12.1 Å². The predicted molar refractivity (Wildman–Crippen MR) is 74.4 cm³/mol. The molecule has 1 fully saturated rings. The molecule has 96 valence electrons. The number of carbonyl (C=O) groups is 1. The van der Waals surface area contributed by atoms with Crippen LogP contribution in [0.1, 0.15) is 40.5 Å². The summed E-state index contributed by atoms with van der Waals surface area (Å²) in [6.07, 6.45) is 5.99. The van der Waals surface area contributed by atoms with Gasteiger partial charge in [0.25, 0.3) is 0 Å². The molecule has 1 aliphatic carbocycles. The minimum Gasteiger partial charge on any atom is -0.335 e. The first kappa shape index (κ1) is 12.0. The van der Waals surface area contributed by atoms with Gasteiger partial charge < -0.3 is 10.6 Å². The van der Waals surface area contributed by atoms with Gasteiger partial charge in [0.2, 0.25) is 0 Å². The minimum atomic E-state index is -0.0826. The highest BCUT2D eigenvalue weighted by Crippen LogP contribution is 2.17. The first-order chi connectivity index (χ1) is 8.24. The van der Waals surface area contributed by atoms with Gasteiger partial charge in [-0.15, -0.1) is 0 Å². The van der Waals surface area contributed by atoms with Gasteiger partial charge in [0.1, 0.15) is 0 Å². The van der Waals surface area contributed by atoms with E-state index in [4.69, 9.17) is 0 Å². The number of nitrogens with one attached hydrogen (secondary N) is 2. The van der Waals surface area contributed by atoms with Crippen molar-refractivity contribution in [3.05, 3.63) is 29.8 Å². The molecular formula is C14H24N2O. The van der Waals surface area contributed by atoms with Crippen LogP contribution in [0.25, 0.3) is 0 Å². The Morgan fingerprint density at radius 2 is 1.82 bits per heavy atom. The topological polar surface area (TPSA) is 41.1 Å². The smallest absolute Gasteiger partial charge is 0.319 e. The van der Waals surface area contributed by atoms with E-state index in [0.717, 1.165) is 18.5 Å². The zero-order chi connectivity index (χ0) is 12.1. The maximum atomic E-state index is 11.7. The number of anilines is 1. The van der Waals surface area contributed by atoms with Crippen molar-refractivity contribution in [3.8, 4) is 0 Å². The molecule has 0 aromatic heterocycles. The van der Waals surface area contributed by atoms with E-state index in [1.807, 2.05) is 31.2 Å². The van der Waals surface area contributed by atoms with Crippen molar-refractivity contribution >= 4 is 11.7 Å². The summed E-state index contributed by atoms with van der Waals surface area (Å²) in [6.45, 7) is 2.03. The van der Waals surface area contributed by atoms with E-state index in [-0.39, 0.29) is 8.88 Å². The number of amides is 2. The molecule has 0 unspecified atom stereocenters. The molecule has 0 radical (unpaired) electrons. The Hall–Kier alpha value is -1.51. The Morgan fingerprint density at radius 1 is 1.18 bits per heavy atom. The number of carbonyl (C=O) groups excluding carboxylic acids is 1. The first-order valence-electron chi connectivity index (χ1n) is 6.38. The summed E-state index contributed by atoms with van der Waals surface area (Å²) in [5.41, 5.74) is 2.05. The zero-order valence-electron chi connectivity index (χ0n) is 10.3. The highest BCUT2D eigenvalue weighted by atomic mass is 16.2. The monoisotopic (exact) mass is 236 g/mol. The molecule has 2 rings (SSSR count). The van der Waals surface area contributed by atoms with E-state index in [1.54, 1.807) is 0 Å². The third kappa shape index (κ3) is 3.77. The number of rotatable bonds is 2. The van der Waals surface area contributed by atoms with Crippen LogP contribution < -0.4 is 10.6 Å². The third-order valence-electron chi connectivity index (χ3n) is 3.25. The standard InChI is InChI=1S/C14H20N2O.2H2/c1-11-7-9-13(10-8-11)16-14(17)15-12-5-3-2-4-6-12;;/h7-10,12H,2-6H2,1H3,(H2,15,16,17);2*1H. The molecule has 1 saturated carbocycles. The molecule has 2 N–H and O–H groups in total. The number of aryl methyl sites for hydroxylation is 1. The van der Waals surface area contributed by atoms with Gasteiger partial charge in [-0.3, -0.25) is 0 Å². The fraction of sp³-hybridized carbons (Fsp3) is 0.500. The van der Waals surface area contributed by atoms with Gasteiger partial charge in [0.15, 0.2) is 0 Å². The van der Waals surface area contributed by atoms with Crippen LogP contribution in [0.4, 0.5) is 10.5 Å². The van der Waals surface area contributed by atoms with Crippen molar-refractivity contribution in [1.29, 1.82) is 0 Å². The van der Waals surface area contributed by atoms with E-state index in [1.165, 1.54) is 24.8 Å². The summed E-state index contributed by atoms with van der Waals surface area (Å²) < 4.78 is 0. The zero-order valence-corrected chi connectivity index (χ0v) is 10.3. The molecule has 0 atom stereocenters. The van der Waals surface area contributed by atoms with Gasteiger partial charge in [0, 0.05) is 14.6 Å². The molecule has 0 aliphatic heterocycles. The lowest BCUT2D eigenvalue weighted by Crippen LogP contribution is -2.38. The Kier molecular flexibility index (Phi) is 4.02. The van der Waals surface area contributed by atoms with Gasteiger partial charge in [-0.2, -0.15) is 0 Å². The van der Waals surface area contributed by atoms with Crippen molar-refractivity contribution < 1.29 is 7.65 Å². The van der Waals surface area contributed by atoms with E-state index in [0.29, 0.717) is 6.04 Å². The summed E-state index contributed by atoms with van der Waals surface area (Å²) in [6, 6.07) is 8.12. The maximum absolute atomic E-state index is 11.7. The largest absolute Gasteiger partial charge is 0.335 e. The summed E-state index contributed by atoms with van der Waals surface area (Å²) in [5, 5.41) is 5.90. The molecule has 17 heavy (non-hydrogen) atoms. The van der Waals surface area contributed by atoms with Gasteiger partial charge in [-0.1, -0.05) is 37.0 Å². The molecule has 1 aromatic rings. The summed E-state index contributed by atoms with van der Waals surface area (Å²) in [7, 11) is 0. The number of urea groups is 1. The van der Waals surface area contributed by atoms with E-state index in [9.17, 15) is 4.79 Å². The highest BCUT2D eigenvalue weighted by molar-refractivity contribution is 5.89. The fourth-order valence-corrected chi connectivity index (χ4v) is 2.24. The van der Waals surface area contributed by atoms with Crippen molar-refractivity contribution in [1.82, 2.24) is 5.32 Å². The predicted octanol–water partition coefficient (Wildman–Crippen LogP) is 3.94. The molecule has 3 nitrogen and oxygen atoms in total. The van der Waals surface area contributed by atoms with E-state index < -0.39 is 0 Å². The molecule has 0 saturated heterocycles. The average Bonchev–Trinajstić information content (AvgIpc) is 2.33. The van der Waals surface area contributed by atoms with Gasteiger partial charge in [0.05, 0.1) is 0 Å². The second-order valence-electron chi connectivity index (χ2n) is 4.80. The van der Waals surface area contributed by atoms with Crippen LogP contribution in [0.5, 0.6) is 0 Å². The molecule has 0 spiro atoms.